The molecular weight excluding hydrogens is 348 g/mol. The van der Waals surface area contributed by atoms with Gasteiger partial charge in [-0.05, 0) is 55.0 Å². The standard InChI is InChI=1S/C24H28N2O2/c1-6-7-21(26-15-25-14-22(26)24(27)28-5)19-8-10-20(11-9-19)23-17(3)12-16(2)13-18(23)4/h8-15,21H,6-7H2,1-5H3. The first kappa shape index (κ1) is 19.9. The van der Waals surface area contributed by atoms with Crippen molar-refractivity contribution in [2.45, 2.75) is 46.6 Å². The molecule has 0 bridgehead atoms. The zero-order valence-corrected chi connectivity index (χ0v) is 17.3. The fourth-order valence-electron chi connectivity index (χ4n) is 4.06. The number of benzene rings is 2. The minimum atomic E-state index is -0.360. The Morgan fingerprint density at radius 1 is 1.11 bits per heavy atom. The van der Waals surface area contributed by atoms with Gasteiger partial charge in [0, 0.05) is 0 Å². The van der Waals surface area contributed by atoms with Crippen molar-refractivity contribution in [1.82, 2.24) is 9.55 Å². The van der Waals surface area contributed by atoms with E-state index in [0.29, 0.717) is 5.69 Å². The molecule has 28 heavy (non-hydrogen) atoms. The lowest BCUT2D eigenvalue weighted by molar-refractivity contribution is 0.0586. The Balaban J connectivity index is 1.99. The lowest BCUT2D eigenvalue weighted by Crippen LogP contribution is -2.16. The van der Waals surface area contributed by atoms with Gasteiger partial charge in [0.25, 0.3) is 0 Å². The van der Waals surface area contributed by atoms with Gasteiger partial charge >= 0.3 is 5.97 Å². The third-order valence-corrected chi connectivity index (χ3v) is 5.22. The van der Waals surface area contributed by atoms with E-state index >= 15 is 0 Å². The van der Waals surface area contributed by atoms with Gasteiger partial charge in [0.2, 0.25) is 0 Å². The third-order valence-electron chi connectivity index (χ3n) is 5.22. The van der Waals surface area contributed by atoms with Crippen LogP contribution in [-0.4, -0.2) is 22.6 Å². The summed E-state index contributed by atoms with van der Waals surface area (Å²) >= 11 is 0. The Kier molecular flexibility index (Phi) is 5.98. The minimum Gasteiger partial charge on any atom is -0.464 e. The van der Waals surface area contributed by atoms with Gasteiger partial charge in [-0.25, -0.2) is 9.78 Å². The maximum atomic E-state index is 12.1. The highest BCUT2D eigenvalue weighted by Gasteiger charge is 2.20. The molecule has 0 radical (unpaired) electrons. The molecule has 4 heteroatoms. The summed E-state index contributed by atoms with van der Waals surface area (Å²) in [5.41, 5.74) is 8.02. The molecule has 0 spiro atoms. The smallest absolute Gasteiger partial charge is 0.356 e. The fraction of sp³-hybridized carbons (Fsp3) is 0.333. The molecule has 1 unspecified atom stereocenters. The van der Waals surface area contributed by atoms with Crippen molar-refractivity contribution >= 4 is 5.97 Å². The highest BCUT2D eigenvalue weighted by Crippen LogP contribution is 2.31. The van der Waals surface area contributed by atoms with Crippen LogP contribution in [-0.2, 0) is 4.74 Å². The molecule has 146 valence electrons. The molecule has 0 fully saturated rings. The van der Waals surface area contributed by atoms with E-state index in [1.165, 1.54) is 34.9 Å². The number of ether oxygens (including phenoxy) is 1. The predicted molar refractivity (Wildman–Crippen MR) is 113 cm³/mol. The molecule has 1 atom stereocenters. The predicted octanol–water partition coefficient (Wildman–Crippen LogP) is 5.65. The van der Waals surface area contributed by atoms with Crippen LogP contribution in [0.5, 0.6) is 0 Å². The van der Waals surface area contributed by atoms with Crippen LogP contribution < -0.4 is 0 Å². The summed E-state index contributed by atoms with van der Waals surface area (Å²) in [5, 5.41) is 0. The van der Waals surface area contributed by atoms with E-state index in [9.17, 15) is 4.79 Å². The zero-order valence-electron chi connectivity index (χ0n) is 17.3. The largest absolute Gasteiger partial charge is 0.464 e. The SMILES string of the molecule is CCCC(c1ccc(-c2c(C)cc(C)cc2C)cc1)n1cncc1C(=O)OC. The summed E-state index contributed by atoms with van der Waals surface area (Å²) in [5.74, 6) is -0.360. The number of methoxy groups -OCH3 is 1. The summed E-state index contributed by atoms with van der Waals surface area (Å²) in [6.45, 7) is 8.61. The van der Waals surface area contributed by atoms with E-state index in [-0.39, 0.29) is 12.0 Å². The first-order valence-electron chi connectivity index (χ1n) is 9.74. The van der Waals surface area contributed by atoms with Gasteiger partial charge in [-0.15, -0.1) is 0 Å². The number of carbonyl (C=O) groups excluding carboxylic acids is 1. The average Bonchev–Trinajstić information content (AvgIpc) is 3.15. The van der Waals surface area contributed by atoms with Crippen LogP contribution in [0, 0.1) is 20.8 Å². The summed E-state index contributed by atoms with van der Waals surface area (Å²) in [7, 11) is 1.40. The van der Waals surface area contributed by atoms with Crippen molar-refractivity contribution in [3.05, 3.63) is 76.9 Å². The summed E-state index contributed by atoms with van der Waals surface area (Å²) in [6.07, 6.45) is 5.21. The number of nitrogens with zero attached hydrogens (tertiary/aromatic N) is 2. The maximum Gasteiger partial charge on any atom is 0.356 e. The molecule has 0 aliphatic heterocycles. The molecule has 1 aromatic heterocycles. The van der Waals surface area contributed by atoms with Crippen molar-refractivity contribution in [2.75, 3.05) is 7.11 Å². The quantitative estimate of drug-likeness (QED) is 0.522. The number of aryl methyl sites for hydroxylation is 3. The Hall–Kier alpha value is -2.88. The van der Waals surface area contributed by atoms with Crippen LogP contribution in [0.25, 0.3) is 11.1 Å². The first-order chi connectivity index (χ1) is 13.5. The Bertz CT molecular complexity index is 948. The Labute approximate surface area is 167 Å². The molecule has 0 amide bonds. The number of hydrogen-bond acceptors (Lipinski definition) is 3. The Morgan fingerprint density at radius 3 is 2.32 bits per heavy atom. The molecule has 2 aromatic carbocycles. The molecule has 0 aliphatic rings. The molecule has 0 saturated heterocycles. The molecule has 1 heterocycles. The van der Waals surface area contributed by atoms with E-state index in [4.69, 9.17) is 4.74 Å². The van der Waals surface area contributed by atoms with Gasteiger partial charge in [0.15, 0.2) is 0 Å². The normalized spacial score (nSPS) is 12.0. The second-order valence-corrected chi connectivity index (χ2v) is 7.38. The summed E-state index contributed by atoms with van der Waals surface area (Å²) < 4.78 is 6.84. The summed E-state index contributed by atoms with van der Waals surface area (Å²) in [6, 6.07) is 13.2. The van der Waals surface area contributed by atoms with Crippen LogP contribution >= 0.6 is 0 Å². The second kappa shape index (κ2) is 8.42. The maximum absolute atomic E-state index is 12.1. The third kappa shape index (κ3) is 3.86. The molecule has 0 N–H and O–H groups in total. The van der Waals surface area contributed by atoms with Crippen LogP contribution in [0.1, 0.15) is 58.5 Å². The van der Waals surface area contributed by atoms with Gasteiger partial charge in [0.05, 0.1) is 25.7 Å². The molecule has 0 saturated carbocycles. The second-order valence-electron chi connectivity index (χ2n) is 7.38. The van der Waals surface area contributed by atoms with Gasteiger partial charge in [-0.3, -0.25) is 0 Å². The molecule has 3 aromatic rings. The van der Waals surface area contributed by atoms with Crippen molar-refractivity contribution in [3.63, 3.8) is 0 Å². The molecule has 3 rings (SSSR count). The number of imidazole rings is 1. The molecular formula is C24H28N2O2. The number of esters is 1. The average molecular weight is 377 g/mol. The fourth-order valence-corrected chi connectivity index (χ4v) is 4.06. The van der Waals surface area contributed by atoms with Gasteiger partial charge in [-0.1, -0.05) is 55.3 Å². The first-order valence-corrected chi connectivity index (χ1v) is 9.74. The van der Waals surface area contributed by atoms with Gasteiger partial charge in [0.1, 0.15) is 5.69 Å². The monoisotopic (exact) mass is 376 g/mol. The van der Waals surface area contributed by atoms with E-state index in [2.05, 4.69) is 69.1 Å². The zero-order chi connectivity index (χ0) is 20.3. The van der Waals surface area contributed by atoms with Gasteiger partial charge < -0.3 is 9.30 Å². The van der Waals surface area contributed by atoms with Crippen LogP contribution in [0.15, 0.2) is 48.9 Å². The number of hydrogen-bond donors (Lipinski definition) is 0. The number of rotatable bonds is 6. The van der Waals surface area contributed by atoms with Crippen LogP contribution in [0.2, 0.25) is 0 Å². The lowest BCUT2D eigenvalue weighted by Gasteiger charge is -2.21. The number of carbonyl (C=O) groups is 1. The van der Waals surface area contributed by atoms with Crippen molar-refractivity contribution < 1.29 is 9.53 Å². The highest BCUT2D eigenvalue weighted by molar-refractivity contribution is 5.87. The van der Waals surface area contributed by atoms with E-state index in [0.717, 1.165) is 18.4 Å². The minimum absolute atomic E-state index is 0.0517. The topological polar surface area (TPSA) is 44.1 Å². The number of aromatic nitrogens is 2. The van der Waals surface area contributed by atoms with E-state index in [1.807, 2.05) is 4.57 Å². The molecule has 4 nitrogen and oxygen atoms in total. The van der Waals surface area contributed by atoms with Gasteiger partial charge in [-0.2, -0.15) is 0 Å². The van der Waals surface area contributed by atoms with E-state index in [1.54, 1.807) is 12.5 Å². The van der Waals surface area contributed by atoms with Crippen molar-refractivity contribution in [2.24, 2.45) is 0 Å². The summed E-state index contributed by atoms with van der Waals surface area (Å²) in [4.78, 5) is 16.3. The van der Waals surface area contributed by atoms with Crippen LogP contribution in [0.3, 0.4) is 0 Å². The Morgan fingerprint density at radius 2 is 1.75 bits per heavy atom. The lowest BCUT2D eigenvalue weighted by atomic mass is 9.92. The van der Waals surface area contributed by atoms with Crippen molar-refractivity contribution in [1.29, 1.82) is 0 Å². The van der Waals surface area contributed by atoms with Crippen LogP contribution in [0.4, 0.5) is 0 Å². The van der Waals surface area contributed by atoms with E-state index < -0.39 is 0 Å². The molecule has 0 aliphatic carbocycles. The van der Waals surface area contributed by atoms with Crippen molar-refractivity contribution in [3.8, 4) is 11.1 Å². The highest BCUT2D eigenvalue weighted by atomic mass is 16.5.